The van der Waals surface area contributed by atoms with Gasteiger partial charge in [0.1, 0.15) is 5.75 Å². The van der Waals surface area contributed by atoms with Crippen LogP contribution in [0.25, 0.3) is 0 Å². The Morgan fingerprint density at radius 2 is 1.19 bits per heavy atom. The Kier molecular flexibility index (Phi) is 23.6. The number of nitrogens with zero attached hydrogens (tertiary/aromatic N) is 1. The normalized spacial score (nSPS) is 13.1. The lowest BCUT2D eigenvalue weighted by atomic mass is 10.0. The smallest absolute Gasteiger partial charge is 0.376 e. The topological polar surface area (TPSA) is 271 Å². The molecule has 0 aliphatic heterocycles. The molecule has 2 atom stereocenters. The van der Waals surface area contributed by atoms with Crippen molar-refractivity contribution in [2.24, 2.45) is 17.7 Å². The van der Waals surface area contributed by atoms with Crippen molar-refractivity contribution in [2.75, 3.05) is 98.3 Å². The second-order valence-corrected chi connectivity index (χ2v) is 11.8. The fourth-order valence-corrected chi connectivity index (χ4v) is 4.38. The zero-order chi connectivity index (χ0) is 34.8. The molecule has 3 amide bonds. The van der Waals surface area contributed by atoms with Gasteiger partial charge in [0, 0.05) is 19.6 Å². The molecule has 1 aromatic carbocycles. The van der Waals surface area contributed by atoms with Gasteiger partial charge in [0.05, 0.1) is 84.8 Å². The molecule has 10 N–H and O–H groups in total. The highest BCUT2D eigenvalue weighted by Crippen LogP contribution is 2.41. The summed E-state index contributed by atoms with van der Waals surface area (Å²) in [5.41, 5.74) is 0.634. The van der Waals surface area contributed by atoms with Crippen molar-refractivity contribution < 1.29 is 57.1 Å². The zero-order valence-corrected chi connectivity index (χ0v) is 27.7. The van der Waals surface area contributed by atoms with E-state index < -0.39 is 31.4 Å². The van der Waals surface area contributed by atoms with E-state index in [2.05, 4.69) is 30.5 Å². The molecule has 1 rings (SSSR count). The van der Waals surface area contributed by atoms with Crippen molar-refractivity contribution in [1.29, 1.82) is 0 Å². The predicted octanol–water partition coefficient (Wildman–Crippen LogP) is -2.45. The summed E-state index contributed by atoms with van der Waals surface area (Å²) in [6.07, 6.45) is 0.00499. The first-order chi connectivity index (χ1) is 22.6. The number of benzene rings is 1. The molecule has 19 nitrogen and oxygen atoms in total. The summed E-state index contributed by atoms with van der Waals surface area (Å²) in [5.74, 6) is 13.7. The first kappa shape index (κ1) is 42.2. The van der Waals surface area contributed by atoms with E-state index in [4.69, 9.17) is 36.4 Å². The zero-order valence-electron chi connectivity index (χ0n) is 26.8. The molecule has 1 aromatic rings. The van der Waals surface area contributed by atoms with Crippen LogP contribution in [0.15, 0.2) is 24.3 Å². The molecule has 0 saturated carbocycles. The van der Waals surface area contributed by atoms with Crippen molar-refractivity contribution >= 4 is 25.3 Å². The van der Waals surface area contributed by atoms with Crippen molar-refractivity contribution in [3.05, 3.63) is 29.8 Å². The molecule has 0 aromatic heterocycles. The maximum Gasteiger partial charge on any atom is 0.376 e. The molecule has 0 heterocycles. The minimum absolute atomic E-state index is 0.0679. The molecule has 0 aliphatic rings. The van der Waals surface area contributed by atoms with Gasteiger partial charge in [-0.25, -0.2) is 22.3 Å². The molecule has 0 radical (unpaired) electrons. The summed E-state index contributed by atoms with van der Waals surface area (Å²) in [5, 5.41) is 8.20. The molecule has 270 valence electrons. The van der Waals surface area contributed by atoms with Gasteiger partial charge in [0.15, 0.2) is 0 Å². The number of carbonyl (C=O) groups excluding carboxylic acids is 3. The predicted molar refractivity (Wildman–Crippen MR) is 168 cm³/mol. The van der Waals surface area contributed by atoms with E-state index >= 15 is 0 Å². The summed E-state index contributed by atoms with van der Waals surface area (Å²) < 4.78 is 33.2. The first-order valence-corrected chi connectivity index (χ1v) is 16.8. The van der Waals surface area contributed by atoms with Gasteiger partial charge in [-0.2, -0.15) is 0 Å². The average molecular weight is 696 g/mol. The number of amides is 3. The number of ether oxygens (including phenoxy) is 3. The molecule has 20 heteroatoms. The van der Waals surface area contributed by atoms with Crippen LogP contribution in [0.3, 0.4) is 0 Å². The lowest BCUT2D eigenvalue weighted by Gasteiger charge is -2.30. The van der Waals surface area contributed by atoms with Crippen molar-refractivity contribution in [1.82, 2.24) is 20.9 Å². The Morgan fingerprint density at radius 3 is 1.62 bits per heavy atom. The molecule has 0 aliphatic carbocycles. The molecular weight excluding hydrogens is 645 g/mol. The highest BCUT2D eigenvalue weighted by molar-refractivity contribution is 7.53. The van der Waals surface area contributed by atoms with E-state index in [0.29, 0.717) is 5.56 Å². The quantitative estimate of drug-likeness (QED) is 0.0260. The lowest BCUT2D eigenvalue weighted by Crippen LogP contribution is -2.54. The molecular formula is C27H50N7O12P. The average Bonchev–Trinajstić information content (AvgIpc) is 3.05. The summed E-state index contributed by atoms with van der Waals surface area (Å²) in [7, 11) is -3.79. The summed E-state index contributed by atoms with van der Waals surface area (Å²) >= 11 is 0. The summed E-state index contributed by atoms with van der Waals surface area (Å²) in [4.78, 5) is 64.1. The van der Waals surface area contributed by atoms with Crippen LogP contribution in [0, 0.1) is 0 Å². The SMILES string of the molecule is CCP(=O)(O)Oc1ccc(CC(C(=O)NCCOCCON)N(CC(=O)NCCOCCON)CC(=O)NCCOCCON)cc1. The summed E-state index contributed by atoms with van der Waals surface area (Å²) in [6.45, 7) is 3.20. The van der Waals surface area contributed by atoms with Gasteiger partial charge in [0.25, 0.3) is 0 Å². The fourth-order valence-electron chi connectivity index (χ4n) is 3.80. The molecule has 2 unspecified atom stereocenters. The van der Waals surface area contributed by atoms with Crippen molar-refractivity contribution in [2.45, 2.75) is 19.4 Å². The van der Waals surface area contributed by atoms with Gasteiger partial charge >= 0.3 is 7.60 Å². The number of hydrogen-bond donors (Lipinski definition) is 7. The standard InChI is InChI=1S/C27H50N7O12P/c1-2-47(38,39)46-23-5-3-22(4-6-23)19-24(27(37)33-9-12-42-15-18-45-30)34(20-25(35)31-7-10-40-13-16-43-28)21-26(36)32-8-11-41-14-17-44-29/h3-6,24H,2,7-21,28-30H2,1H3,(H,31,35)(H,32,36)(H,33,37)(H,38,39). The van der Waals surface area contributed by atoms with Gasteiger partial charge in [-0.05, 0) is 24.1 Å². The van der Waals surface area contributed by atoms with Crippen LogP contribution in [0.2, 0.25) is 0 Å². The molecule has 0 spiro atoms. The number of carbonyl (C=O) groups is 3. The number of rotatable bonds is 29. The van der Waals surface area contributed by atoms with Gasteiger partial charge in [-0.1, -0.05) is 19.1 Å². The van der Waals surface area contributed by atoms with Gasteiger partial charge < -0.3 is 54.1 Å². The van der Waals surface area contributed by atoms with E-state index in [-0.39, 0.29) is 111 Å². The molecule has 0 fully saturated rings. The number of nitrogens with one attached hydrogen (secondary N) is 3. The van der Waals surface area contributed by atoms with E-state index in [1.807, 2.05) is 0 Å². The van der Waals surface area contributed by atoms with Gasteiger partial charge in [-0.15, -0.1) is 0 Å². The van der Waals surface area contributed by atoms with Crippen molar-refractivity contribution in [3.63, 3.8) is 0 Å². The molecule has 0 saturated heterocycles. The fraction of sp³-hybridized carbons (Fsp3) is 0.667. The van der Waals surface area contributed by atoms with Crippen LogP contribution in [-0.2, 0) is 54.1 Å². The Hall–Kier alpha value is -2.78. The minimum atomic E-state index is -3.79. The van der Waals surface area contributed by atoms with Crippen LogP contribution >= 0.6 is 7.60 Å². The third kappa shape index (κ3) is 20.9. The Bertz CT molecular complexity index is 1030. The maximum atomic E-state index is 13.6. The Balaban J connectivity index is 3.11. The third-order valence-electron chi connectivity index (χ3n) is 6.16. The number of hydrogen-bond acceptors (Lipinski definition) is 15. The van der Waals surface area contributed by atoms with Crippen LogP contribution in [0.4, 0.5) is 0 Å². The van der Waals surface area contributed by atoms with E-state index in [1.165, 1.54) is 24.0 Å². The van der Waals surface area contributed by atoms with E-state index in [9.17, 15) is 23.8 Å². The van der Waals surface area contributed by atoms with Crippen LogP contribution in [0.1, 0.15) is 12.5 Å². The van der Waals surface area contributed by atoms with Gasteiger partial charge in [-0.3, -0.25) is 19.3 Å². The highest BCUT2D eigenvalue weighted by atomic mass is 31.2. The monoisotopic (exact) mass is 695 g/mol. The Morgan fingerprint density at radius 1 is 0.745 bits per heavy atom. The van der Waals surface area contributed by atoms with Crippen molar-refractivity contribution in [3.8, 4) is 5.75 Å². The summed E-state index contributed by atoms with van der Waals surface area (Å²) in [6, 6.07) is 5.27. The second kappa shape index (κ2) is 26.2. The van der Waals surface area contributed by atoms with Crippen LogP contribution in [0.5, 0.6) is 5.75 Å². The van der Waals surface area contributed by atoms with E-state index in [0.717, 1.165) is 0 Å². The third-order valence-corrected chi connectivity index (χ3v) is 7.45. The molecule has 47 heavy (non-hydrogen) atoms. The van der Waals surface area contributed by atoms with Crippen LogP contribution < -0.4 is 38.2 Å². The van der Waals surface area contributed by atoms with E-state index in [1.54, 1.807) is 12.1 Å². The number of nitrogens with two attached hydrogens (primary N) is 3. The Labute approximate surface area is 274 Å². The largest absolute Gasteiger partial charge is 0.424 e. The van der Waals surface area contributed by atoms with Crippen LogP contribution in [-0.4, -0.2) is 132 Å². The maximum absolute atomic E-state index is 13.6. The van der Waals surface area contributed by atoms with Gasteiger partial charge in [0.2, 0.25) is 17.7 Å². The first-order valence-electron chi connectivity index (χ1n) is 15.0. The minimum Gasteiger partial charge on any atom is -0.424 e. The highest BCUT2D eigenvalue weighted by Gasteiger charge is 2.30. The second-order valence-electron chi connectivity index (χ2n) is 9.75. The molecule has 0 bridgehead atoms. The lowest BCUT2D eigenvalue weighted by molar-refractivity contribution is -0.131.